The van der Waals surface area contributed by atoms with Crippen molar-refractivity contribution in [3.8, 4) is 0 Å². The maximum Gasteiger partial charge on any atom is 0.407 e. The van der Waals surface area contributed by atoms with Crippen LogP contribution in [0.3, 0.4) is 0 Å². The van der Waals surface area contributed by atoms with E-state index < -0.39 is 24.4 Å². The zero-order valence-corrected chi connectivity index (χ0v) is 16.7. The number of carbonyl (C=O) groups excluding carboxylic acids is 2. The SMILES string of the molecule is COC(=O)N[C@@H](C(C)C)C(O)N1CCC[C@H]1C(=O)Nc1ccc(N)c(S)c1. The third kappa shape index (κ3) is 5.27. The molecule has 0 bridgehead atoms. The van der Waals surface area contributed by atoms with Crippen molar-refractivity contribution in [2.24, 2.45) is 5.92 Å². The highest BCUT2D eigenvalue weighted by Gasteiger charge is 2.39. The number of hydrogen-bond acceptors (Lipinski definition) is 7. The van der Waals surface area contributed by atoms with Gasteiger partial charge in [0.2, 0.25) is 5.91 Å². The van der Waals surface area contributed by atoms with Crippen LogP contribution in [-0.4, -0.2) is 54.0 Å². The molecule has 1 heterocycles. The molecule has 0 saturated carbocycles. The lowest BCUT2D eigenvalue weighted by atomic mass is 10.0. The number of amides is 2. The number of ether oxygens (including phenoxy) is 1. The predicted molar refractivity (Wildman–Crippen MR) is 107 cm³/mol. The number of nitrogens with two attached hydrogens (primary N) is 1. The quantitative estimate of drug-likeness (QED) is 0.369. The summed E-state index contributed by atoms with van der Waals surface area (Å²) in [4.78, 5) is 26.7. The third-order valence-corrected chi connectivity index (χ3v) is 5.13. The van der Waals surface area contributed by atoms with E-state index in [4.69, 9.17) is 5.73 Å². The summed E-state index contributed by atoms with van der Waals surface area (Å²) in [6, 6.07) is 4.00. The van der Waals surface area contributed by atoms with Gasteiger partial charge in [0.15, 0.2) is 0 Å². The molecule has 1 aliphatic rings. The molecule has 2 rings (SSSR count). The van der Waals surface area contributed by atoms with Crippen LogP contribution in [0.15, 0.2) is 23.1 Å². The highest BCUT2D eigenvalue weighted by atomic mass is 32.1. The summed E-state index contributed by atoms with van der Waals surface area (Å²) in [5.41, 5.74) is 6.86. The first-order valence-corrected chi connectivity index (χ1v) is 9.37. The number of aliphatic hydroxyl groups excluding tert-OH is 1. The standard InChI is InChI=1S/C18H28N4O4S/c1-10(2)15(21-18(25)26-3)17(24)22-8-4-5-13(22)16(23)20-11-6-7-12(19)14(27)9-11/h6-7,9-10,13,15,17,24,27H,4-5,8,19H2,1-3H3,(H,20,23)(H,21,25)/t13-,15-,17?/m0/s1. The van der Waals surface area contributed by atoms with E-state index in [1.54, 1.807) is 23.1 Å². The number of anilines is 2. The van der Waals surface area contributed by atoms with Gasteiger partial charge in [-0.1, -0.05) is 13.8 Å². The maximum atomic E-state index is 12.8. The lowest BCUT2D eigenvalue weighted by Crippen LogP contribution is -2.57. The van der Waals surface area contributed by atoms with Gasteiger partial charge in [-0.15, -0.1) is 12.6 Å². The molecular weight excluding hydrogens is 368 g/mol. The number of carbonyl (C=O) groups is 2. The van der Waals surface area contributed by atoms with E-state index in [2.05, 4.69) is 28.0 Å². The maximum absolute atomic E-state index is 12.8. The average molecular weight is 397 g/mol. The van der Waals surface area contributed by atoms with Crippen molar-refractivity contribution in [3.05, 3.63) is 18.2 Å². The monoisotopic (exact) mass is 396 g/mol. The van der Waals surface area contributed by atoms with Crippen LogP contribution in [0.4, 0.5) is 16.2 Å². The molecule has 9 heteroatoms. The smallest absolute Gasteiger partial charge is 0.407 e. The van der Waals surface area contributed by atoms with E-state index in [1.807, 2.05) is 13.8 Å². The second-order valence-corrected chi connectivity index (χ2v) is 7.46. The first-order valence-electron chi connectivity index (χ1n) is 8.92. The molecule has 27 heavy (non-hydrogen) atoms. The fourth-order valence-electron chi connectivity index (χ4n) is 3.22. The van der Waals surface area contributed by atoms with Crippen molar-refractivity contribution >= 4 is 36.0 Å². The molecule has 150 valence electrons. The molecule has 1 aliphatic heterocycles. The summed E-state index contributed by atoms with van der Waals surface area (Å²) < 4.78 is 4.64. The number of alkyl carbamates (subject to hydrolysis) is 1. The van der Waals surface area contributed by atoms with Crippen LogP contribution >= 0.6 is 12.6 Å². The number of likely N-dealkylation sites (tertiary alicyclic amines) is 1. The number of benzene rings is 1. The van der Waals surface area contributed by atoms with Gasteiger partial charge < -0.3 is 26.2 Å². The minimum absolute atomic E-state index is 0.0488. The van der Waals surface area contributed by atoms with Gasteiger partial charge in [0.05, 0.1) is 19.2 Å². The van der Waals surface area contributed by atoms with Gasteiger partial charge >= 0.3 is 6.09 Å². The lowest BCUT2D eigenvalue weighted by Gasteiger charge is -2.35. The van der Waals surface area contributed by atoms with Crippen LogP contribution in [0.1, 0.15) is 26.7 Å². The number of methoxy groups -OCH3 is 1. The number of hydrogen-bond donors (Lipinski definition) is 5. The Morgan fingerprint density at radius 2 is 2.11 bits per heavy atom. The van der Waals surface area contributed by atoms with Crippen LogP contribution in [0.25, 0.3) is 0 Å². The largest absolute Gasteiger partial charge is 0.453 e. The summed E-state index contributed by atoms with van der Waals surface area (Å²) in [6.45, 7) is 4.33. The van der Waals surface area contributed by atoms with Crippen LogP contribution < -0.4 is 16.4 Å². The molecule has 3 atom stereocenters. The molecule has 1 unspecified atom stereocenters. The summed E-state index contributed by atoms with van der Waals surface area (Å²) in [7, 11) is 1.27. The van der Waals surface area contributed by atoms with Crippen molar-refractivity contribution < 1.29 is 19.4 Å². The molecule has 0 aromatic heterocycles. The number of nitrogens with zero attached hydrogens (tertiary/aromatic N) is 1. The summed E-state index contributed by atoms with van der Waals surface area (Å²) in [5, 5.41) is 16.3. The van der Waals surface area contributed by atoms with E-state index in [1.165, 1.54) is 7.11 Å². The van der Waals surface area contributed by atoms with Gasteiger partial charge in [0, 0.05) is 22.8 Å². The van der Waals surface area contributed by atoms with Crippen molar-refractivity contribution in [2.75, 3.05) is 24.7 Å². The average Bonchev–Trinajstić information content (AvgIpc) is 3.11. The topological polar surface area (TPSA) is 117 Å². The Morgan fingerprint density at radius 1 is 1.41 bits per heavy atom. The first kappa shape index (κ1) is 21.3. The predicted octanol–water partition coefficient (Wildman–Crippen LogP) is 1.66. The fraction of sp³-hybridized carbons (Fsp3) is 0.556. The van der Waals surface area contributed by atoms with E-state index >= 15 is 0 Å². The molecule has 0 spiro atoms. The van der Waals surface area contributed by atoms with Crippen LogP contribution in [0.5, 0.6) is 0 Å². The molecule has 0 radical (unpaired) electrons. The summed E-state index contributed by atoms with van der Waals surface area (Å²) >= 11 is 4.26. The number of nitrogens with one attached hydrogen (secondary N) is 2. The summed E-state index contributed by atoms with van der Waals surface area (Å²) in [5.74, 6) is -0.267. The van der Waals surface area contributed by atoms with E-state index in [0.717, 1.165) is 6.42 Å². The third-order valence-electron chi connectivity index (χ3n) is 4.74. The normalized spacial score (nSPS) is 19.6. The Balaban J connectivity index is 2.10. The molecule has 1 fully saturated rings. The second-order valence-electron chi connectivity index (χ2n) is 6.98. The van der Waals surface area contributed by atoms with Gasteiger partial charge in [-0.25, -0.2) is 4.79 Å². The van der Waals surface area contributed by atoms with Gasteiger partial charge in [-0.05, 0) is 37.0 Å². The molecule has 5 N–H and O–H groups in total. The van der Waals surface area contributed by atoms with Crippen LogP contribution in [0, 0.1) is 5.92 Å². The minimum Gasteiger partial charge on any atom is -0.453 e. The lowest BCUT2D eigenvalue weighted by molar-refractivity contribution is -0.125. The number of nitrogen functional groups attached to an aromatic ring is 1. The Morgan fingerprint density at radius 3 is 2.70 bits per heavy atom. The van der Waals surface area contributed by atoms with E-state index in [0.29, 0.717) is 29.2 Å². The van der Waals surface area contributed by atoms with Crippen molar-refractivity contribution in [2.45, 2.75) is 49.9 Å². The fourth-order valence-corrected chi connectivity index (χ4v) is 3.43. The van der Waals surface area contributed by atoms with Gasteiger partial charge in [0.1, 0.15) is 6.23 Å². The van der Waals surface area contributed by atoms with Crippen molar-refractivity contribution in [1.29, 1.82) is 0 Å². The Hall–Kier alpha value is -1.97. The van der Waals surface area contributed by atoms with E-state index in [9.17, 15) is 14.7 Å². The number of thiol groups is 1. The molecular formula is C18H28N4O4S. The highest BCUT2D eigenvalue weighted by Crippen LogP contribution is 2.26. The Kier molecular flexibility index (Phi) is 7.34. The van der Waals surface area contributed by atoms with Crippen molar-refractivity contribution in [1.82, 2.24) is 10.2 Å². The molecule has 1 aromatic rings. The molecule has 2 amide bonds. The first-order chi connectivity index (χ1) is 12.7. The zero-order chi connectivity index (χ0) is 20.1. The molecule has 1 aromatic carbocycles. The van der Waals surface area contributed by atoms with Crippen molar-refractivity contribution in [3.63, 3.8) is 0 Å². The zero-order valence-electron chi connectivity index (χ0n) is 15.8. The highest BCUT2D eigenvalue weighted by molar-refractivity contribution is 7.80. The number of aliphatic hydroxyl groups is 1. The Bertz CT molecular complexity index is 685. The van der Waals surface area contributed by atoms with Crippen LogP contribution in [0.2, 0.25) is 0 Å². The van der Waals surface area contributed by atoms with Gasteiger partial charge in [-0.3, -0.25) is 9.69 Å². The number of rotatable bonds is 6. The molecule has 1 saturated heterocycles. The summed E-state index contributed by atoms with van der Waals surface area (Å²) in [6.07, 6.45) is -0.225. The Labute approximate surface area is 164 Å². The minimum atomic E-state index is -1.01. The molecule has 0 aliphatic carbocycles. The van der Waals surface area contributed by atoms with Crippen LogP contribution in [-0.2, 0) is 9.53 Å². The van der Waals surface area contributed by atoms with Gasteiger partial charge in [-0.2, -0.15) is 0 Å². The second kappa shape index (κ2) is 9.29. The molecule has 8 nitrogen and oxygen atoms in total. The van der Waals surface area contributed by atoms with Gasteiger partial charge in [0.25, 0.3) is 0 Å². The van der Waals surface area contributed by atoms with E-state index in [-0.39, 0.29) is 11.8 Å².